The fourth-order valence-corrected chi connectivity index (χ4v) is 3.85. The number of anilines is 2. The van der Waals surface area contributed by atoms with E-state index >= 15 is 0 Å². The molecule has 1 amide bonds. The molecule has 0 unspecified atom stereocenters. The molecule has 0 fully saturated rings. The Balaban J connectivity index is 1.59. The maximum Gasteiger partial charge on any atom is 0.255 e. The second kappa shape index (κ2) is 13.7. The lowest BCUT2D eigenvalue weighted by molar-refractivity contribution is -0.108. The van der Waals surface area contributed by atoms with Gasteiger partial charge in [0, 0.05) is 30.8 Å². The summed E-state index contributed by atoms with van der Waals surface area (Å²) < 4.78 is 5.89. The molecule has 0 saturated carbocycles. The molecule has 0 atom stereocenters. The van der Waals surface area contributed by atoms with Gasteiger partial charge in [0.25, 0.3) is 5.91 Å². The third kappa shape index (κ3) is 7.17. The van der Waals surface area contributed by atoms with Crippen molar-refractivity contribution in [3.8, 4) is 11.6 Å². The molecule has 0 radical (unpaired) electrons. The molecular formula is C28H31N7O4. The van der Waals surface area contributed by atoms with Crippen molar-refractivity contribution in [1.29, 1.82) is 0 Å². The normalized spacial score (nSPS) is 11.1. The van der Waals surface area contributed by atoms with Crippen molar-refractivity contribution in [1.82, 2.24) is 20.3 Å². The van der Waals surface area contributed by atoms with Gasteiger partial charge < -0.3 is 35.6 Å². The largest absolute Gasteiger partial charge is 0.494 e. The van der Waals surface area contributed by atoms with Crippen molar-refractivity contribution in [3.63, 3.8) is 0 Å². The Morgan fingerprint density at radius 3 is 2.77 bits per heavy atom. The molecule has 11 nitrogen and oxygen atoms in total. The molecule has 2 aromatic carbocycles. The Morgan fingerprint density at radius 2 is 1.97 bits per heavy atom. The van der Waals surface area contributed by atoms with Crippen molar-refractivity contribution in [2.75, 3.05) is 37.4 Å². The van der Waals surface area contributed by atoms with E-state index in [1.165, 1.54) is 12.5 Å². The van der Waals surface area contributed by atoms with Gasteiger partial charge in [-0.05, 0) is 50.7 Å². The fourth-order valence-electron chi connectivity index (χ4n) is 3.85. The van der Waals surface area contributed by atoms with Gasteiger partial charge in [-0.2, -0.15) is 0 Å². The van der Waals surface area contributed by atoms with Crippen molar-refractivity contribution in [2.24, 2.45) is 4.99 Å². The zero-order valence-electron chi connectivity index (χ0n) is 21.6. The monoisotopic (exact) mass is 529 g/mol. The molecule has 0 spiro atoms. The molecule has 0 aliphatic heterocycles. The number of amides is 1. The molecule has 0 aliphatic carbocycles. The molecule has 4 aromatic rings. The number of fused-ring (bicyclic) bond motifs is 1. The Morgan fingerprint density at radius 1 is 1.13 bits per heavy atom. The number of aromatic nitrogens is 3. The van der Waals surface area contributed by atoms with Crippen LogP contribution in [-0.4, -0.2) is 65.2 Å². The minimum atomic E-state index is -0.275. The van der Waals surface area contributed by atoms with Crippen LogP contribution in [-0.2, 0) is 4.79 Å². The van der Waals surface area contributed by atoms with Gasteiger partial charge in [0.15, 0.2) is 5.88 Å². The molecule has 39 heavy (non-hydrogen) atoms. The molecule has 11 heteroatoms. The minimum absolute atomic E-state index is 0.0791. The summed E-state index contributed by atoms with van der Waals surface area (Å²) in [6.45, 7) is 1.84. The van der Waals surface area contributed by atoms with E-state index in [1.54, 1.807) is 42.5 Å². The van der Waals surface area contributed by atoms with Gasteiger partial charge in [-0.3, -0.25) is 9.79 Å². The standard InChI is InChI=1S/C28H31N7O4/c1-29-12-7-13-30-25-24-21(28(38)35-26(24)33-18-32-25)17-31-20-10-11-22(23(16-20)39-15-6-5-14-36)34-27(37)19-8-3-2-4-9-19/h2-4,8-11,14,16-18,29,38H,5-7,12-13,15H2,1H3,(H,34,37)(H2,30,32,33,35). The van der Waals surface area contributed by atoms with Crippen LogP contribution >= 0.6 is 0 Å². The predicted octanol–water partition coefficient (Wildman–Crippen LogP) is 4.05. The number of rotatable bonds is 14. The van der Waals surface area contributed by atoms with Gasteiger partial charge >= 0.3 is 0 Å². The van der Waals surface area contributed by atoms with E-state index in [2.05, 4.69) is 35.9 Å². The third-order valence-electron chi connectivity index (χ3n) is 5.82. The maximum atomic E-state index is 12.7. The number of nitrogens with zero attached hydrogens (tertiary/aromatic N) is 3. The van der Waals surface area contributed by atoms with Crippen molar-refractivity contribution < 1.29 is 19.4 Å². The summed E-state index contributed by atoms with van der Waals surface area (Å²) in [6.07, 6.45) is 5.60. The summed E-state index contributed by atoms with van der Waals surface area (Å²) in [4.78, 5) is 39.4. The quantitative estimate of drug-likeness (QED) is 0.0932. The van der Waals surface area contributed by atoms with Crippen LogP contribution < -0.4 is 20.7 Å². The van der Waals surface area contributed by atoms with Crippen LogP contribution in [0, 0.1) is 0 Å². The van der Waals surface area contributed by atoms with Gasteiger partial charge in [0.2, 0.25) is 0 Å². The number of aromatic hydroxyl groups is 1. The van der Waals surface area contributed by atoms with Crippen LogP contribution in [0.15, 0.2) is 59.9 Å². The van der Waals surface area contributed by atoms with Crippen LogP contribution in [0.1, 0.15) is 35.2 Å². The molecule has 0 bridgehead atoms. The first-order chi connectivity index (χ1) is 19.1. The average Bonchev–Trinajstić information content (AvgIpc) is 3.29. The van der Waals surface area contributed by atoms with Crippen LogP contribution in [0.3, 0.4) is 0 Å². The topological polar surface area (TPSA) is 154 Å². The molecule has 202 valence electrons. The molecular weight excluding hydrogens is 498 g/mol. The Hall–Kier alpha value is -4.77. The van der Waals surface area contributed by atoms with Gasteiger partial charge in [0.05, 0.1) is 28.9 Å². The maximum absolute atomic E-state index is 12.7. The Bertz CT molecular complexity index is 1440. The second-order valence-corrected chi connectivity index (χ2v) is 8.63. The summed E-state index contributed by atoms with van der Waals surface area (Å²) >= 11 is 0. The van der Waals surface area contributed by atoms with Crippen molar-refractivity contribution in [2.45, 2.75) is 19.3 Å². The van der Waals surface area contributed by atoms with Crippen LogP contribution in [0.5, 0.6) is 11.6 Å². The first-order valence-electron chi connectivity index (χ1n) is 12.7. The third-order valence-corrected chi connectivity index (χ3v) is 5.82. The Labute approximate surface area is 225 Å². The highest BCUT2D eigenvalue weighted by molar-refractivity contribution is 6.07. The number of carbonyl (C=O) groups excluding carboxylic acids is 2. The van der Waals surface area contributed by atoms with Crippen LogP contribution in [0.25, 0.3) is 11.0 Å². The van der Waals surface area contributed by atoms with E-state index in [0.717, 1.165) is 19.3 Å². The summed E-state index contributed by atoms with van der Waals surface area (Å²) in [5.41, 5.74) is 2.45. The van der Waals surface area contributed by atoms with E-state index < -0.39 is 0 Å². The molecule has 4 rings (SSSR count). The van der Waals surface area contributed by atoms with E-state index in [-0.39, 0.29) is 11.8 Å². The van der Waals surface area contributed by atoms with Gasteiger partial charge in [0.1, 0.15) is 29.8 Å². The SMILES string of the molecule is CNCCCNc1ncnc2[nH]c(O)c(C=Nc3ccc(NC(=O)c4ccccc4)c(OCCCC=O)c3)c12. The zero-order valence-corrected chi connectivity index (χ0v) is 21.6. The minimum Gasteiger partial charge on any atom is -0.494 e. The highest BCUT2D eigenvalue weighted by atomic mass is 16.5. The first-order valence-corrected chi connectivity index (χ1v) is 12.7. The number of aldehydes is 1. The molecule has 0 aliphatic rings. The molecule has 5 N–H and O–H groups in total. The fraction of sp³-hybridized carbons (Fsp3) is 0.250. The number of hydrogen-bond donors (Lipinski definition) is 5. The summed E-state index contributed by atoms with van der Waals surface area (Å²) in [5, 5.41) is 20.5. The smallest absolute Gasteiger partial charge is 0.255 e. The summed E-state index contributed by atoms with van der Waals surface area (Å²) in [6, 6.07) is 14.0. The molecule has 0 saturated heterocycles. The van der Waals surface area contributed by atoms with Crippen LogP contribution in [0.4, 0.5) is 17.2 Å². The number of benzene rings is 2. The zero-order chi connectivity index (χ0) is 27.5. The van der Waals surface area contributed by atoms with Gasteiger partial charge in [-0.1, -0.05) is 18.2 Å². The van der Waals surface area contributed by atoms with Gasteiger partial charge in [-0.25, -0.2) is 9.97 Å². The lowest BCUT2D eigenvalue weighted by Gasteiger charge is -2.13. The molecule has 2 heterocycles. The van der Waals surface area contributed by atoms with E-state index in [4.69, 9.17) is 4.74 Å². The number of nitrogens with one attached hydrogen (secondary N) is 4. The lowest BCUT2D eigenvalue weighted by Crippen LogP contribution is -2.13. The number of aromatic amines is 1. The van der Waals surface area contributed by atoms with E-state index in [1.807, 2.05) is 13.1 Å². The Kier molecular flexibility index (Phi) is 9.57. The number of aliphatic imine (C=N–C) groups is 1. The highest BCUT2D eigenvalue weighted by Gasteiger charge is 2.16. The lowest BCUT2D eigenvalue weighted by atomic mass is 10.2. The summed E-state index contributed by atoms with van der Waals surface area (Å²) in [7, 11) is 1.90. The number of carbonyl (C=O) groups is 2. The summed E-state index contributed by atoms with van der Waals surface area (Å²) in [5.74, 6) is 0.651. The highest BCUT2D eigenvalue weighted by Crippen LogP contribution is 2.32. The average molecular weight is 530 g/mol. The van der Waals surface area contributed by atoms with Gasteiger partial charge in [-0.15, -0.1) is 0 Å². The van der Waals surface area contributed by atoms with Crippen molar-refractivity contribution >= 4 is 46.6 Å². The predicted molar refractivity (Wildman–Crippen MR) is 151 cm³/mol. The molecule has 2 aromatic heterocycles. The van der Waals surface area contributed by atoms with E-state index in [0.29, 0.717) is 71.1 Å². The number of unbranched alkanes of at least 4 members (excludes halogenated alkanes) is 1. The second-order valence-electron chi connectivity index (χ2n) is 8.63. The number of ether oxygens (including phenoxy) is 1. The van der Waals surface area contributed by atoms with Crippen molar-refractivity contribution in [3.05, 3.63) is 66.0 Å². The number of H-pyrrole nitrogens is 1. The number of hydrogen-bond acceptors (Lipinski definition) is 9. The van der Waals surface area contributed by atoms with E-state index in [9.17, 15) is 14.7 Å². The first kappa shape index (κ1) is 27.3. The van der Waals surface area contributed by atoms with Crippen LogP contribution in [0.2, 0.25) is 0 Å².